The molecule has 1 aliphatic rings. The summed E-state index contributed by atoms with van der Waals surface area (Å²) in [5, 5.41) is 6.04. The van der Waals surface area contributed by atoms with Crippen molar-refractivity contribution in [2.24, 2.45) is 0 Å². The van der Waals surface area contributed by atoms with Gasteiger partial charge in [-0.25, -0.2) is 0 Å². The first-order valence-corrected chi connectivity index (χ1v) is 8.72. The van der Waals surface area contributed by atoms with Crippen LogP contribution >= 0.6 is 11.3 Å². The molecular formula is C17H16N4O2S. The summed E-state index contributed by atoms with van der Waals surface area (Å²) >= 11 is 1.61. The highest BCUT2D eigenvalue weighted by molar-refractivity contribution is 7.10. The van der Waals surface area contributed by atoms with Crippen molar-refractivity contribution in [1.82, 2.24) is 20.0 Å². The van der Waals surface area contributed by atoms with Gasteiger partial charge in [0.1, 0.15) is 0 Å². The van der Waals surface area contributed by atoms with Gasteiger partial charge in [0.25, 0.3) is 0 Å². The Balaban J connectivity index is 1.42. The highest BCUT2D eigenvalue weighted by Gasteiger charge is 2.31. The minimum Gasteiger partial charge on any atom is -0.342 e. The van der Waals surface area contributed by atoms with Crippen LogP contribution in [0.15, 0.2) is 46.6 Å². The predicted octanol–water partition coefficient (Wildman–Crippen LogP) is 2.75. The van der Waals surface area contributed by atoms with E-state index >= 15 is 0 Å². The second-order valence-corrected chi connectivity index (χ2v) is 6.81. The molecule has 3 aromatic rings. The van der Waals surface area contributed by atoms with E-state index in [1.807, 2.05) is 34.5 Å². The molecule has 4 heterocycles. The van der Waals surface area contributed by atoms with Crippen LogP contribution < -0.4 is 0 Å². The molecule has 0 spiro atoms. The number of aromatic nitrogens is 3. The average molecular weight is 340 g/mol. The zero-order valence-electron chi connectivity index (χ0n) is 13.0. The Hall–Kier alpha value is -2.54. The number of nitrogens with zero attached hydrogens (tertiary/aromatic N) is 4. The van der Waals surface area contributed by atoms with Gasteiger partial charge in [-0.15, -0.1) is 11.3 Å². The van der Waals surface area contributed by atoms with Gasteiger partial charge < -0.3 is 9.42 Å². The largest absolute Gasteiger partial charge is 0.342 e. The van der Waals surface area contributed by atoms with Gasteiger partial charge in [0, 0.05) is 35.9 Å². The Morgan fingerprint density at radius 2 is 2.21 bits per heavy atom. The van der Waals surface area contributed by atoms with Crippen LogP contribution in [0.25, 0.3) is 11.4 Å². The monoisotopic (exact) mass is 340 g/mol. The molecule has 3 aromatic heterocycles. The molecule has 1 amide bonds. The van der Waals surface area contributed by atoms with Crippen LogP contribution in [0.3, 0.4) is 0 Å². The summed E-state index contributed by atoms with van der Waals surface area (Å²) in [5.41, 5.74) is 0.878. The number of carbonyl (C=O) groups is 1. The number of thiophene rings is 1. The summed E-state index contributed by atoms with van der Waals surface area (Å²) in [5.74, 6) is 1.44. The van der Waals surface area contributed by atoms with E-state index in [-0.39, 0.29) is 11.8 Å². The SMILES string of the molecule is O=C(Cc1cccs1)N1CC[C@H](c2nc(-c3ccncc3)no2)C1. The predicted molar refractivity (Wildman–Crippen MR) is 89.5 cm³/mol. The zero-order valence-corrected chi connectivity index (χ0v) is 13.8. The summed E-state index contributed by atoms with van der Waals surface area (Å²) in [6, 6.07) is 7.66. The molecule has 122 valence electrons. The maximum Gasteiger partial charge on any atom is 0.231 e. The van der Waals surface area contributed by atoms with Crippen LogP contribution in [0, 0.1) is 0 Å². The highest BCUT2D eigenvalue weighted by Crippen LogP contribution is 2.28. The van der Waals surface area contributed by atoms with Crippen molar-refractivity contribution < 1.29 is 9.32 Å². The second kappa shape index (κ2) is 6.52. The quantitative estimate of drug-likeness (QED) is 0.730. The van der Waals surface area contributed by atoms with Crippen molar-refractivity contribution in [2.45, 2.75) is 18.8 Å². The second-order valence-electron chi connectivity index (χ2n) is 5.77. The topological polar surface area (TPSA) is 72.1 Å². The van der Waals surface area contributed by atoms with E-state index < -0.39 is 0 Å². The maximum absolute atomic E-state index is 12.4. The summed E-state index contributed by atoms with van der Waals surface area (Å²) in [7, 11) is 0. The van der Waals surface area contributed by atoms with Crippen LogP contribution in [0.2, 0.25) is 0 Å². The van der Waals surface area contributed by atoms with Gasteiger partial charge in [-0.05, 0) is 30.0 Å². The third kappa shape index (κ3) is 3.07. The van der Waals surface area contributed by atoms with Crippen LogP contribution in [0.5, 0.6) is 0 Å². The van der Waals surface area contributed by atoms with Crippen LogP contribution in [0.1, 0.15) is 23.1 Å². The van der Waals surface area contributed by atoms with Gasteiger partial charge in [-0.3, -0.25) is 9.78 Å². The lowest BCUT2D eigenvalue weighted by Crippen LogP contribution is -2.29. The van der Waals surface area contributed by atoms with Crippen molar-refractivity contribution in [1.29, 1.82) is 0 Å². The van der Waals surface area contributed by atoms with E-state index in [1.54, 1.807) is 23.7 Å². The molecule has 1 saturated heterocycles. The molecule has 1 fully saturated rings. The Morgan fingerprint density at radius 1 is 1.33 bits per heavy atom. The minimum atomic E-state index is 0.111. The van der Waals surface area contributed by atoms with E-state index in [2.05, 4.69) is 15.1 Å². The first-order valence-electron chi connectivity index (χ1n) is 7.84. The number of likely N-dealkylation sites (tertiary alicyclic amines) is 1. The lowest BCUT2D eigenvalue weighted by Gasteiger charge is -2.15. The maximum atomic E-state index is 12.4. The first-order chi connectivity index (χ1) is 11.8. The van der Waals surface area contributed by atoms with Gasteiger partial charge in [0.15, 0.2) is 0 Å². The molecule has 0 bridgehead atoms. The van der Waals surface area contributed by atoms with Gasteiger partial charge in [0.05, 0.1) is 12.3 Å². The lowest BCUT2D eigenvalue weighted by atomic mass is 10.1. The molecule has 0 radical (unpaired) electrons. The lowest BCUT2D eigenvalue weighted by molar-refractivity contribution is -0.129. The van der Waals surface area contributed by atoms with Crippen molar-refractivity contribution in [3.05, 3.63) is 52.8 Å². The summed E-state index contributed by atoms with van der Waals surface area (Å²) in [4.78, 5) is 23.8. The molecule has 24 heavy (non-hydrogen) atoms. The average Bonchev–Trinajstić information content (AvgIpc) is 3.36. The van der Waals surface area contributed by atoms with E-state index in [4.69, 9.17) is 4.52 Å². The fourth-order valence-electron chi connectivity index (χ4n) is 2.88. The molecule has 1 aliphatic heterocycles. The molecule has 0 aliphatic carbocycles. The van der Waals surface area contributed by atoms with Gasteiger partial charge >= 0.3 is 0 Å². The first kappa shape index (κ1) is 15.0. The summed E-state index contributed by atoms with van der Waals surface area (Å²) < 4.78 is 5.42. The molecule has 7 heteroatoms. The number of amides is 1. The standard InChI is InChI=1S/C17H16N4O2S/c22-15(10-14-2-1-9-24-14)21-8-5-13(11-21)17-19-16(20-23-17)12-3-6-18-7-4-12/h1-4,6-7,9,13H,5,8,10-11H2/t13-/m0/s1. The van der Waals surface area contributed by atoms with E-state index in [1.165, 1.54) is 0 Å². The molecule has 1 atom stereocenters. The van der Waals surface area contributed by atoms with Gasteiger partial charge in [0.2, 0.25) is 17.6 Å². The highest BCUT2D eigenvalue weighted by atomic mass is 32.1. The number of hydrogen-bond donors (Lipinski definition) is 0. The minimum absolute atomic E-state index is 0.111. The normalized spacial score (nSPS) is 17.3. The molecule has 0 aromatic carbocycles. The molecule has 0 saturated carbocycles. The number of hydrogen-bond acceptors (Lipinski definition) is 6. The fraction of sp³-hybridized carbons (Fsp3) is 0.294. The third-order valence-corrected chi connectivity index (χ3v) is 5.05. The van der Waals surface area contributed by atoms with E-state index in [0.29, 0.717) is 24.7 Å². The van der Waals surface area contributed by atoms with Crippen LogP contribution in [-0.2, 0) is 11.2 Å². The number of carbonyl (C=O) groups excluding carboxylic acids is 1. The molecule has 6 nitrogen and oxygen atoms in total. The smallest absolute Gasteiger partial charge is 0.231 e. The van der Waals surface area contributed by atoms with Crippen molar-refractivity contribution in [3.8, 4) is 11.4 Å². The van der Waals surface area contributed by atoms with Crippen molar-refractivity contribution in [3.63, 3.8) is 0 Å². The zero-order chi connectivity index (χ0) is 16.4. The molecular weight excluding hydrogens is 324 g/mol. The van der Waals surface area contributed by atoms with Crippen molar-refractivity contribution in [2.75, 3.05) is 13.1 Å². The number of rotatable bonds is 4. The molecule has 4 rings (SSSR count). The van der Waals surface area contributed by atoms with Crippen LogP contribution in [0.4, 0.5) is 0 Å². The van der Waals surface area contributed by atoms with Gasteiger partial charge in [-0.1, -0.05) is 11.2 Å². The molecule has 0 unspecified atom stereocenters. The third-order valence-electron chi connectivity index (χ3n) is 4.18. The Bertz CT molecular complexity index is 816. The Morgan fingerprint density at radius 3 is 3.00 bits per heavy atom. The molecule has 0 N–H and O–H groups in total. The van der Waals surface area contributed by atoms with Crippen LogP contribution in [-0.4, -0.2) is 39.0 Å². The summed E-state index contributed by atoms with van der Waals surface area (Å²) in [6.07, 6.45) is 4.72. The number of pyridine rings is 1. The Kier molecular flexibility index (Phi) is 4.08. The van der Waals surface area contributed by atoms with E-state index in [0.717, 1.165) is 23.4 Å². The Labute approximate surface area is 143 Å². The summed E-state index contributed by atoms with van der Waals surface area (Å²) in [6.45, 7) is 1.38. The fourth-order valence-corrected chi connectivity index (χ4v) is 3.58. The van der Waals surface area contributed by atoms with Gasteiger partial charge in [-0.2, -0.15) is 4.98 Å². The van der Waals surface area contributed by atoms with E-state index in [9.17, 15) is 4.79 Å². The van der Waals surface area contributed by atoms with Crippen molar-refractivity contribution >= 4 is 17.2 Å².